The Bertz CT molecular complexity index is 993. The van der Waals surface area contributed by atoms with E-state index in [1.807, 2.05) is 0 Å². The van der Waals surface area contributed by atoms with Gasteiger partial charge in [-0.1, -0.05) is 75.8 Å². The SMILES string of the molecule is C#C/C(Cl)=C1/S/C(=C2/Sc3c(Cl)ccc(Cl)c3C2=O)C(=O)/C1=C(/C)Cl. The van der Waals surface area contributed by atoms with Crippen molar-refractivity contribution in [2.45, 2.75) is 11.8 Å². The maximum Gasteiger partial charge on any atom is 0.203 e. The van der Waals surface area contributed by atoms with E-state index in [0.717, 1.165) is 23.5 Å². The number of allylic oxidation sites excluding steroid dienone is 5. The topological polar surface area (TPSA) is 34.1 Å². The number of thioether (sulfide) groups is 2. The number of hydrogen-bond acceptors (Lipinski definition) is 4. The molecule has 0 aliphatic carbocycles. The molecule has 0 atom stereocenters. The Kier molecular flexibility index (Phi) is 5.37. The Morgan fingerprint density at radius 3 is 2.20 bits per heavy atom. The molecule has 0 spiro atoms. The minimum absolute atomic E-state index is 0.0629. The Morgan fingerprint density at radius 1 is 1.04 bits per heavy atom. The van der Waals surface area contributed by atoms with E-state index in [4.69, 9.17) is 52.8 Å². The zero-order valence-corrected chi connectivity index (χ0v) is 17.0. The monoisotopic (exact) mass is 446 g/mol. The van der Waals surface area contributed by atoms with Gasteiger partial charge in [-0.3, -0.25) is 9.59 Å². The van der Waals surface area contributed by atoms with E-state index in [2.05, 4.69) is 5.92 Å². The second-order valence-electron chi connectivity index (χ2n) is 4.95. The van der Waals surface area contributed by atoms with Crippen LogP contribution in [-0.4, -0.2) is 11.6 Å². The molecule has 0 aromatic heterocycles. The second kappa shape index (κ2) is 7.08. The quantitative estimate of drug-likeness (QED) is 0.340. The van der Waals surface area contributed by atoms with E-state index in [9.17, 15) is 9.59 Å². The van der Waals surface area contributed by atoms with Crippen molar-refractivity contribution in [3.63, 3.8) is 0 Å². The normalized spacial score (nSPS) is 23.7. The van der Waals surface area contributed by atoms with Crippen LogP contribution < -0.4 is 0 Å². The Morgan fingerprint density at radius 2 is 1.64 bits per heavy atom. The Balaban J connectivity index is 2.22. The highest BCUT2D eigenvalue weighted by molar-refractivity contribution is 8.11. The van der Waals surface area contributed by atoms with Crippen molar-refractivity contribution in [1.29, 1.82) is 0 Å². The van der Waals surface area contributed by atoms with Crippen molar-refractivity contribution in [3.8, 4) is 12.3 Å². The molecule has 8 heteroatoms. The number of carbonyl (C=O) groups is 2. The van der Waals surface area contributed by atoms with E-state index in [-0.39, 0.29) is 36.3 Å². The fourth-order valence-electron chi connectivity index (χ4n) is 2.35. The molecule has 2 heterocycles. The first kappa shape index (κ1) is 19.0. The number of rotatable bonds is 0. The van der Waals surface area contributed by atoms with Crippen LogP contribution in [0.4, 0.5) is 0 Å². The van der Waals surface area contributed by atoms with Crippen LogP contribution in [0.5, 0.6) is 0 Å². The van der Waals surface area contributed by atoms with Gasteiger partial charge >= 0.3 is 0 Å². The lowest BCUT2D eigenvalue weighted by atomic mass is 10.1. The number of ketones is 2. The van der Waals surface area contributed by atoms with Gasteiger partial charge in [0.15, 0.2) is 0 Å². The van der Waals surface area contributed by atoms with Crippen molar-refractivity contribution in [3.05, 3.63) is 58.1 Å². The lowest BCUT2D eigenvalue weighted by Gasteiger charge is -2.00. The first-order chi connectivity index (χ1) is 11.8. The molecule has 0 radical (unpaired) electrons. The van der Waals surface area contributed by atoms with E-state index in [1.165, 1.54) is 0 Å². The smallest absolute Gasteiger partial charge is 0.203 e. The van der Waals surface area contributed by atoms with Gasteiger partial charge in [-0.15, -0.1) is 6.42 Å². The fourth-order valence-corrected chi connectivity index (χ4v) is 5.76. The van der Waals surface area contributed by atoms with Crippen LogP contribution in [0.25, 0.3) is 0 Å². The van der Waals surface area contributed by atoms with Crippen LogP contribution in [0.2, 0.25) is 10.0 Å². The highest BCUT2D eigenvalue weighted by atomic mass is 35.5. The van der Waals surface area contributed by atoms with E-state index >= 15 is 0 Å². The minimum Gasteiger partial charge on any atom is -0.288 e. The van der Waals surface area contributed by atoms with Crippen LogP contribution in [0.15, 0.2) is 47.4 Å². The summed E-state index contributed by atoms with van der Waals surface area (Å²) in [5, 5.41) is 0.990. The number of benzene rings is 1. The lowest BCUT2D eigenvalue weighted by Crippen LogP contribution is -2.03. The third-order valence-corrected chi connectivity index (χ3v) is 7.34. The minimum atomic E-state index is -0.392. The summed E-state index contributed by atoms with van der Waals surface area (Å²) in [6, 6.07) is 3.15. The summed E-state index contributed by atoms with van der Waals surface area (Å²) in [6.45, 7) is 1.57. The summed E-state index contributed by atoms with van der Waals surface area (Å²) in [5.74, 6) is 1.55. The molecule has 0 saturated carbocycles. The number of halogens is 4. The predicted molar refractivity (Wildman–Crippen MR) is 107 cm³/mol. The number of carbonyl (C=O) groups excluding carboxylic acids is 2. The van der Waals surface area contributed by atoms with Gasteiger partial charge in [0.2, 0.25) is 11.6 Å². The van der Waals surface area contributed by atoms with E-state index in [1.54, 1.807) is 19.1 Å². The van der Waals surface area contributed by atoms with Crippen LogP contribution in [0.1, 0.15) is 17.3 Å². The van der Waals surface area contributed by atoms with Gasteiger partial charge in [-0.25, -0.2) is 0 Å². The Labute approximate surface area is 172 Å². The molecule has 0 amide bonds. The second-order valence-corrected chi connectivity index (χ2v) is 8.75. The molecule has 2 aliphatic heterocycles. The number of fused-ring (bicyclic) bond motifs is 1. The molecule has 1 saturated heterocycles. The number of Topliss-reactive ketones (excluding diaryl/α,β-unsaturated/α-hetero) is 2. The molecular formula is C17H6Cl4O2S2. The summed E-state index contributed by atoms with van der Waals surface area (Å²) in [7, 11) is 0. The number of terminal acetylenes is 1. The molecule has 1 fully saturated rings. The van der Waals surface area contributed by atoms with Crippen LogP contribution in [0, 0.1) is 12.3 Å². The van der Waals surface area contributed by atoms with Gasteiger partial charge in [-0.05, 0) is 19.1 Å². The largest absolute Gasteiger partial charge is 0.288 e. The van der Waals surface area contributed by atoms with Crippen molar-refractivity contribution < 1.29 is 9.59 Å². The van der Waals surface area contributed by atoms with Gasteiger partial charge in [0.25, 0.3) is 0 Å². The fraction of sp³-hybridized carbons (Fsp3) is 0.0588. The van der Waals surface area contributed by atoms with Gasteiger partial charge in [-0.2, -0.15) is 0 Å². The van der Waals surface area contributed by atoms with Gasteiger partial charge in [0.05, 0.1) is 35.9 Å². The van der Waals surface area contributed by atoms with E-state index < -0.39 is 5.78 Å². The molecule has 1 aromatic carbocycles. The third-order valence-electron chi connectivity index (χ3n) is 3.44. The van der Waals surface area contributed by atoms with Crippen molar-refractivity contribution in [2.75, 3.05) is 0 Å². The maximum atomic E-state index is 12.8. The molecule has 126 valence electrons. The van der Waals surface area contributed by atoms with Crippen molar-refractivity contribution in [1.82, 2.24) is 0 Å². The molecule has 2 aliphatic rings. The summed E-state index contributed by atoms with van der Waals surface area (Å²) in [5.41, 5.74) is 0.502. The molecule has 0 unspecified atom stereocenters. The standard InChI is InChI=1S/C17H6Cl4O2S2/c1-3-7(19)14-10(6(2)18)12(22)16(24-14)17-13(23)11-8(20)4-5-9(21)15(11)25-17/h1,4-5H,2H3/b10-6+,14-7-,17-16+. The summed E-state index contributed by atoms with van der Waals surface area (Å²) in [4.78, 5) is 27.0. The summed E-state index contributed by atoms with van der Waals surface area (Å²) in [6.07, 6.45) is 5.34. The van der Waals surface area contributed by atoms with Gasteiger partial charge < -0.3 is 0 Å². The molecule has 2 nitrogen and oxygen atoms in total. The first-order valence-electron chi connectivity index (χ1n) is 6.68. The third kappa shape index (κ3) is 3.08. The zero-order valence-electron chi connectivity index (χ0n) is 12.4. The van der Waals surface area contributed by atoms with Crippen molar-refractivity contribution in [2.24, 2.45) is 0 Å². The number of hydrogen-bond donors (Lipinski definition) is 0. The molecule has 25 heavy (non-hydrogen) atoms. The van der Waals surface area contributed by atoms with Crippen LogP contribution in [-0.2, 0) is 4.79 Å². The molecule has 1 aromatic rings. The summed E-state index contributed by atoms with van der Waals surface area (Å²) >= 11 is 26.5. The average Bonchev–Trinajstić information content (AvgIpc) is 3.08. The lowest BCUT2D eigenvalue weighted by molar-refractivity contribution is -0.111. The molecule has 0 bridgehead atoms. The predicted octanol–water partition coefficient (Wildman–Crippen LogP) is 6.41. The molecule has 0 N–H and O–H groups in total. The van der Waals surface area contributed by atoms with Crippen LogP contribution >= 0.6 is 69.9 Å². The zero-order chi connectivity index (χ0) is 18.5. The highest BCUT2D eigenvalue weighted by Gasteiger charge is 2.40. The van der Waals surface area contributed by atoms with E-state index in [0.29, 0.717) is 20.4 Å². The first-order valence-corrected chi connectivity index (χ1v) is 9.82. The Hall–Kier alpha value is -0.800. The molecule has 3 rings (SSSR count). The average molecular weight is 448 g/mol. The maximum absolute atomic E-state index is 12.8. The van der Waals surface area contributed by atoms with Crippen molar-refractivity contribution >= 4 is 81.5 Å². The summed E-state index contributed by atoms with van der Waals surface area (Å²) < 4.78 is 0. The van der Waals surface area contributed by atoms with Gasteiger partial charge in [0, 0.05) is 9.93 Å². The molecular weight excluding hydrogens is 442 g/mol. The van der Waals surface area contributed by atoms with Gasteiger partial charge in [0.1, 0.15) is 5.03 Å². The highest BCUT2D eigenvalue weighted by Crippen LogP contribution is 2.54. The van der Waals surface area contributed by atoms with Crippen LogP contribution in [0.3, 0.4) is 0 Å².